The summed E-state index contributed by atoms with van der Waals surface area (Å²) in [5.74, 6) is -1.08. The van der Waals surface area contributed by atoms with Crippen LogP contribution in [0.1, 0.15) is 42.6 Å². The van der Waals surface area contributed by atoms with Gasteiger partial charge in [0, 0.05) is 22.1 Å². The lowest BCUT2D eigenvalue weighted by Crippen LogP contribution is -2.42. The molecule has 1 heterocycles. The van der Waals surface area contributed by atoms with Crippen molar-refractivity contribution < 1.29 is 23.9 Å². The molecule has 0 N–H and O–H groups in total. The minimum atomic E-state index is -0.785. The average Bonchev–Trinajstić information content (AvgIpc) is 2.85. The quantitative estimate of drug-likeness (QED) is 0.477. The predicted octanol–water partition coefficient (Wildman–Crippen LogP) is 2.52. The molecular formula is C17H20INO5. The Balaban J connectivity index is 2.17. The van der Waals surface area contributed by atoms with Crippen LogP contribution < -0.4 is 0 Å². The molecule has 130 valence electrons. The van der Waals surface area contributed by atoms with E-state index in [1.165, 1.54) is 4.90 Å². The Bertz CT molecular complexity index is 646. The number of esters is 2. The van der Waals surface area contributed by atoms with Crippen LogP contribution in [0.15, 0.2) is 18.2 Å². The van der Waals surface area contributed by atoms with E-state index in [2.05, 4.69) is 22.6 Å². The van der Waals surface area contributed by atoms with Crippen LogP contribution in [0.25, 0.3) is 0 Å². The van der Waals surface area contributed by atoms with Crippen LogP contribution in [-0.4, -0.2) is 42.0 Å². The summed E-state index contributed by atoms with van der Waals surface area (Å²) in [6.07, 6.45) is 0.253. The van der Waals surface area contributed by atoms with Crippen LogP contribution in [-0.2, 0) is 25.6 Å². The van der Waals surface area contributed by atoms with Crippen LogP contribution in [0.3, 0.4) is 0 Å². The lowest BCUT2D eigenvalue weighted by molar-refractivity contribution is -0.150. The number of amides is 1. The van der Waals surface area contributed by atoms with Crippen molar-refractivity contribution in [3.63, 3.8) is 0 Å². The number of nitrogens with zero attached hydrogens (tertiary/aromatic N) is 1. The second-order valence-corrected chi connectivity index (χ2v) is 6.59. The topological polar surface area (TPSA) is 72.9 Å². The maximum atomic E-state index is 12.7. The molecule has 1 aliphatic heterocycles. The molecule has 24 heavy (non-hydrogen) atoms. The first kappa shape index (κ1) is 18.7. The van der Waals surface area contributed by atoms with Gasteiger partial charge in [-0.3, -0.25) is 9.59 Å². The van der Waals surface area contributed by atoms with Crippen molar-refractivity contribution in [2.24, 2.45) is 0 Å². The zero-order valence-corrected chi connectivity index (χ0v) is 15.9. The lowest BCUT2D eigenvalue weighted by Gasteiger charge is -2.25. The van der Waals surface area contributed by atoms with Crippen molar-refractivity contribution in [3.8, 4) is 0 Å². The number of ether oxygens (including phenoxy) is 2. The molecule has 0 unspecified atom stereocenters. The van der Waals surface area contributed by atoms with E-state index in [0.29, 0.717) is 12.1 Å². The first-order valence-corrected chi connectivity index (χ1v) is 8.97. The molecule has 1 aromatic carbocycles. The van der Waals surface area contributed by atoms with Gasteiger partial charge < -0.3 is 14.4 Å². The molecule has 1 atom stereocenters. The fraction of sp³-hybridized carbons (Fsp3) is 0.471. The van der Waals surface area contributed by atoms with Crippen LogP contribution >= 0.6 is 22.6 Å². The minimum absolute atomic E-state index is 0.0645. The molecule has 0 aromatic heterocycles. The second-order valence-electron chi connectivity index (χ2n) is 5.35. The van der Waals surface area contributed by atoms with E-state index in [1.54, 1.807) is 13.8 Å². The van der Waals surface area contributed by atoms with Gasteiger partial charge in [0.15, 0.2) is 0 Å². The summed E-state index contributed by atoms with van der Waals surface area (Å²) in [6.45, 7) is 4.29. The fourth-order valence-corrected chi connectivity index (χ4v) is 3.17. The van der Waals surface area contributed by atoms with Crippen molar-refractivity contribution in [2.75, 3.05) is 13.2 Å². The van der Waals surface area contributed by atoms with Crippen molar-refractivity contribution in [3.05, 3.63) is 32.9 Å². The minimum Gasteiger partial charge on any atom is -0.466 e. The number of halogens is 1. The fourth-order valence-electron chi connectivity index (χ4n) is 2.67. The Morgan fingerprint density at radius 2 is 1.96 bits per heavy atom. The first-order valence-electron chi connectivity index (χ1n) is 7.89. The smallest absolute Gasteiger partial charge is 0.328 e. The molecule has 7 heteroatoms. The summed E-state index contributed by atoms with van der Waals surface area (Å²) < 4.78 is 11.0. The molecule has 1 aliphatic rings. The van der Waals surface area contributed by atoms with Gasteiger partial charge in [-0.15, -0.1) is 0 Å². The summed E-state index contributed by atoms with van der Waals surface area (Å²) in [7, 11) is 0. The van der Waals surface area contributed by atoms with E-state index in [4.69, 9.17) is 9.47 Å². The molecule has 0 bridgehead atoms. The highest BCUT2D eigenvalue weighted by Crippen LogP contribution is 2.28. The molecular weight excluding hydrogens is 425 g/mol. The van der Waals surface area contributed by atoms with Gasteiger partial charge in [-0.25, -0.2) is 4.79 Å². The number of fused-ring (bicyclic) bond motifs is 1. The zero-order chi connectivity index (χ0) is 17.7. The van der Waals surface area contributed by atoms with Crippen molar-refractivity contribution in [1.82, 2.24) is 4.90 Å². The third kappa shape index (κ3) is 4.25. The standard InChI is InChI=1S/C17H20INO5/c1-3-23-15(20)8-7-14(17(22)24-4-2)19-10-11-5-6-12(18)9-13(11)16(19)21/h5-6,9,14H,3-4,7-8,10H2,1-2H3/t14-/m0/s1. The van der Waals surface area contributed by atoms with E-state index in [0.717, 1.165) is 9.13 Å². The summed E-state index contributed by atoms with van der Waals surface area (Å²) in [6, 6.07) is 4.84. The van der Waals surface area contributed by atoms with Crippen LogP contribution in [0, 0.1) is 3.57 Å². The van der Waals surface area contributed by atoms with Crippen molar-refractivity contribution in [1.29, 1.82) is 0 Å². The SMILES string of the molecule is CCOC(=O)CC[C@@H](C(=O)OCC)N1Cc2ccc(I)cc2C1=O. The van der Waals surface area contributed by atoms with E-state index < -0.39 is 12.0 Å². The van der Waals surface area contributed by atoms with Gasteiger partial charge >= 0.3 is 11.9 Å². The van der Waals surface area contributed by atoms with E-state index >= 15 is 0 Å². The van der Waals surface area contributed by atoms with Gasteiger partial charge in [-0.05, 0) is 60.6 Å². The normalized spacial score (nSPS) is 14.3. The second kappa shape index (κ2) is 8.46. The van der Waals surface area contributed by atoms with Crippen LogP contribution in [0.2, 0.25) is 0 Å². The largest absolute Gasteiger partial charge is 0.466 e. The van der Waals surface area contributed by atoms with E-state index in [1.807, 2.05) is 18.2 Å². The number of benzene rings is 1. The summed E-state index contributed by atoms with van der Waals surface area (Å²) in [5, 5.41) is 0. The van der Waals surface area contributed by atoms with Crippen molar-refractivity contribution >= 4 is 40.4 Å². The molecule has 0 aliphatic carbocycles. The summed E-state index contributed by atoms with van der Waals surface area (Å²) in [5.41, 5.74) is 1.48. The molecule has 0 radical (unpaired) electrons. The first-order chi connectivity index (χ1) is 11.5. The van der Waals surface area contributed by atoms with Gasteiger partial charge in [0.2, 0.25) is 0 Å². The number of hydrogen-bond acceptors (Lipinski definition) is 5. The molecule has 2 rings (SSSR count). The summed E-state index contributed by atoms with van der Waals surface area (Å²) >= 11 is 2.15. The molecule has 0 fully saturated rings. The van der Waals surface area contributed by atoms with Gasteiger partial charge in [0.05, 0.1) is 13.2 Å². The molecule has 0 spiro atoms. The number of carbonyl (C=O) groups is 3. The van der Waals surface area contributed by atoms with Gasteiger partial charge in [0.25, 0.3) is 5.91 Å². The monoisotopic (exact) mass is 445 g/mol. The highest BCUT2D eigenvalue weighted by atomic mass is 127. The Morgan fingerprint density at radius 3 is 2.62 bits per heavy atom. The third-order valence-corrected chi connectivity index (χ3v) is 4.44. The van der Waals surface area contributed by atoms with Gasteiger partial charge in [-0.1, -0.05) is 6.07 Å². The molecule has 6 nitrogen and oxygen atoms in total. The number of rotatable bonds is 7. The Kier molecular flexibility index (Phi) is 6.59. The van der Waals surface area contributed by atoms with Gasteiger partial charge in [-0.2, -0.15) is 0 Å². The predicted molar refractivity (Wildman–Crippen MR) is 95.3 cm³/mol. The van der Waals surface area contributed by atoms with E-state index in [9.17, 15) is 14.4 Å². The maximum absolute atomic E-state index is 12.7. The highest BCUT2D eigenvalue weighted by Gasteiger charge is 2.37. The Hall–Kier alpha value is -1.64. The highest BCUT2D eigenvalue weighted by molar-refractivity contribution is 14.1. The average molecular weight is 445 g/mol. The Morgan fingerprint density at radius 1 is 1.25 bits per heavy atom. The maximum Gasteiger partial charge on any atom is 0.328 e. The molecule has 0 saturated heterocycles. The van der Waals surface area contributed by atoms with Crippen LogP contribution in [0.5, 0.6) is 0 Å². The lowest BCUT2D eigenvalue weighted by atomic mass is 10.1. The molecule has 1 amide bonds. The summed E-state index contributed by atoms with van der Waals surface area (Å²) in [4.78, 5) is 38.1. The third-order valence-electron chi connectivity index (χ3n) is 3.77. The number of hydrogen-bond donors (Lipinski definition) is 0. The zero-order valence-electron chi connectivity index (χ0n) is 13.7. The number of carbonyl (C=O) groups excluding carboxylic acids is 3. The van der Waals surface area contributed by atoms with Crippen molar-refractivity contribution in [2.45, 2.75) is 39.3 Å². The molecule has 0 saturated carbocycles. The molecule has 1 aromatic rings. The van der Waals surface area contributed by atoms with Crippen LogP contribution in [0.4, 0.5) is 0 Å². The Labute approximate surface area is 154 Å². The van der Waals surface area contributed by atoms with E-state index in [-0.39, 0.29) is 37.9 Å². The van der Waals surface area contributed by atoms with Gasteiger partial charge in [0.1, 0.15) is 6.04 Å².